The normalized spacial score (nSPS) is 16.2. The summed E-state index contributed by atoms with van der Waals surface area (Å²) < 4.78 is 13.9. The van der Waals surface area contributed by atoms with Gasteiger partial charge in [-0.2, -0.15) is 0 Å². The zero-order chi connectivity index (χ0) is 14.0. The maximum Gasteiger partial charge on any atom is 0.150 e. The minimum atomic E-state index is -0.322. The number of rotatable bonds is 2. The molecule has 0 unspecified atom stereocenters. The highest BCUT2D eigenvalue weighted by atomic mass is 19.1. The van der Waals surface area contributed by atoms with Crippen LogP contribution in [0.5, 0.6) is 0 Å². The van der Waals surface area contributed by atoms with Gasteiger partial charge in [-0.1, -0.05) is 32.4 Å². The summed E-state index contributed by atoms with van der Waals surface area (Å²) in [7, 11) is 0. The molecule has 0 bridgehead atoms. The second-order valence-corrected chi connectivity index (χ2v) is 6.00. The number of nitrogens with zero attached hydrogens (tertiary/aromatic N) is 1. The van der Waals surface area contributed by atoms with E-state index < -0.39 is 0 Å². The first kappa shape index (κ1) is 13.8. The molecule has 19 heavy (non-hydrogen) atoms. The number of carbonyl (C=O) groups is 1. The van der Waals surface area contributed by atoms with Crippen molar-refractivity contribution in [1.29, 1.82) is 0 Å². The van der Waals surface area contributed by atoms with Crippen LogP contribution in [0.4, 0.5) is 10.1 Å². The molecule has 0 atom stereocenters. The quantitative estimate of drug-likeness (QED) is 0.596. The average molecular weight is 261 g/mol. The van der Waals surface area contributed by atoms with Gasteiger partial charge in [0.15, 0.2) is 0 Å². The third kappa shape index (κ3) is 3.03. The van der Waals surface area contributed by atoms with E-state index in [1.807, 2.05) is 4.90 Å². The number of anilines is 1. The second kappa shape index (κ2) is 5.16. The minimum Gasteiger partial charge on any atom is -0.365 e. The van der Waals surface area contributed by atoms with E-state index >= 15 is 0 Å². The molecule has 2 rings (SSSR count). The lowest BCUT2D eigenvalue weighted by Crippen LogP contribution is -2.31. The minimum absolute atomic E-state index is 0.187. The van der Waals surface area contributed by atoms with Crippen LogP contribution in [0.15, 0.2) is 29.8 Å². The lowest BCUT2D eigenvalue weighted by atomic mass is 9.83. The monoisotopic (exact) mass is 261 g/mol. The van der Waals surface area contributed by atoms with Gasteiger partial charge in [0.05, 0.1) is 5.69 Å². The van der Waals surface area contributed by atoms with Crippen molar-refractivity contribution >= 4 is 12.0 Å². The summed E-state index contributed by atoms with van der Waals surface area (Å²) in [6.45, 7) is 8.15. The van der Waals surface area contributed by atoms with E-state index in [2.05, 4.69) is 26.8 Å². The fourth-order valence-corrected chi connectivity index (χ4v) is 2.42. The van der Waals surface area contributed by atoms with E-state index in [-0.39, 0.29) is 11.2 Å². The number of aldehydes is 1. The van der Waals surface area contributed by atoms with Crippen molar-refractivity contribution in [2.24, 2.45) is 5.41 Å². The van der Waals surface area contributed by atoms with Crippen molar-refractivity contribution in [3.63, 3.8) is 0 Å². The van der Waals surface area contributed by atoms with Crippen molar-refractivity contribution in [3.05, 3.63) is 41.2 Å². The highest BCUT2D eigenvalue weighted by Crippen LogP contribution is 2.32. The fraction of sp³-hybridized carbons (Fsp3) is 0.438. The standard InChI is InChI=1S/C16H20FNO/c1-16(2,3)13-6-8-18(9-7-13)15-5-4-12(11-19)10-14(15)17/h4-6,10-11H,7-9H2,1-3H3. The molecule has 1 aromatic rings. The van der Waals surface area contributed by atoms with Gasteiger partial charge in [-0.15, -0.1) is 0 Å². The van der Waals surface area contributed by atoms with E-state index in [1.165, 1.54) is 11.6 Å². The van der Waals surface area contributed by atoms with Gasteiger partial charge in [0.2, 0.25) is 0 Å². The molecule has 102 valence electrons. The highest BCUT2D eigenvalue weighted by molar-refractivity contribution is 5.76. The number of hydrogen-bond donors (Lipinski definition) is 0. The van der Waals surface area contributed by atoms with Gasteiger partial charge in [-0.3, -0.25) is 4.79 Å². The van der Waals surface area contributed by atoms with Crippen LogP contribution in [0.3, 0.4) is 0 Å². The summed E-state index contributed by atoms with van der Waals surface area (Å²) in [6.07, 6.45) is 3.82. The molecule has 1 aliphatic heterocycles. The molecular formula is C16H20FNO. The molecular weight excluding hydrogens is 241 g/mol. The average Bonchev–Trinajstić information content (AvgIpc) is 2.37. The third-order valence-electron chi connectivity index (χ3n) is 3.62. The smallest absolute Gasteiger partial charge is 0.150 e. The topological polar surface area (TPSA) is 20.3 Å². The van der Waals surface area contributed by atoms with Crippen molar-refractivity contribution in [2.45, 2.75) is 27.2 Å². The van der Waals surface area contributed by atoms with Gasteiger partial charge >= 0.3 is 0 Å². The van der Waals surface area contributed by atoms with Crippen LogP contribution in [-0.4, -0.2) is 19.4 Å². The molecule has 0 N–H and O–H groups in total. The molecule has 0 saturated carbocycles. The van der Waals surface area contributed by atoms with E-state index in [0.29, 0.717) is 17.5 Å². The van der Waals surface area contributed by atoms with Gasteiger partial charge in [0, 0.05) is 18.7 Å². The SMILES string of the molecule is CC(C)(C)C1=CCN(c2ccc(C=O)cc2F)CC1. The van der Waals surface area contributed by atoms with E-state index in [4.69, 9.17) is 0 Å². The predicted molar refractivity (Wildman–Crippen MR) is 76.2 cm³/mol. The molecule has 1 heterocycles. The maximum absolute atomic E-state index is 13.9. The second-order valence-electron chi connectivity index (χ2n) is 6.00. The summed E-state index contributed by atoms with van der Waals surface area (Å²) in [4.78, 5) is 12.6. The van der Waals surface area contributed by atoms with Crippen LogP contribution in [0, 0.1) is 11.2 Å². The van der Waals surface area contributed by atoms with Crippen LogP contribution in [0.1, 0.15) is 37.6 Å². The van der Waals surface area contributed by atoms with Crippen LogP contribution in [-0.2, 0) is 0 Å². The summed E-state index contributed by atoms with van der Waals surface area (Å²) in [5.41, 5.74) is 2.57. The Hall–Kier alpha value is -1.64. The summed E-state index contributed by atoms with van der Waals surface area (Å²) in [5, 5.41) is 0. The van der Waals surface area contributed by atoms with Gasteiger partial charge in [0.1, 0.15) is 12.1 Å². The third-order valence-corrected chi connectivity index (χ3v) is 3.62. The Bertz CT molecular complexity index is 514. The first-order valence-corrected chi connectivity index (χ1v) is 6.61. The summed E-state index contributed by atoms with van der Waals surface area (Å²) in [6, 6.07) is 4.65. The van der Waals surface area contributed by atoms with E-state index in [9.17, 15) is 9.18 Å². The number of halogens is 1. The zero-order valence-corrected chi connectivity index (χ0v) is 11.7. The number of carbonyl (C=O) groups excluding carboxylic acids is 1. The number of hydrogen-bond acceptors (Lipinski definition) is 2. The van der Waals surface area contributed by atoms with Crippen LogP contribution in [0.25, 0.3) is 0 Å². The largest absolute Gasteiger partial charge is 0.365 e. The van der Waals surface area contributed by atoms with Gasteiger partial charge in [0.25, 0.3) is 0 Å². The molecule has 0 aromatic heterocycles. The maximum atomic E-state index is 13.9. The highest BCUT2D eigenvalue weighted by Gasteiger charge is 2.22. The van der Waals surface area contributed by atoms with Crippen molar-refractivity contribution in [2.75, 3.05) is 18.0 Å². The Morgan fingerprint density at radius 1 is 1.32 bits per heavy atom. The summed E-state index contributed by atoms with van der Waals surface area (Å²) >= 11 is 0. The summed E-state index contributed by atoms with van der Waals surface area (Å²) in [5.74, 6) is -0.322. The fourth-order valence-electron chi connectivity index (χ4n) is 2.42. The first-order valence-electron chi connectivity index (χ1n) is 6.61. The van der Waals surface area contributed by atoms with Crippen molar-refractivity contribution in [3.8, 4) is 0 Å². The van der Waals surface area contributed by atoms with Crippen molar-refractivity contribution < 1.29 is 9.18 Å². The molecule has 1 aromatic carbocycles. The molecule has 0 saturated heterocycles. The van der Waals surface area contributed by atoms with Gasteiger partial charge < -0.3 is 4.90 Å². The first-order chi connectivity index (χ1) is 8.91. The molecule has 0 amide bonds. The molecule has 1 aliphatic rings. The Morgan fingerprint density at radius 2 is 2.05 bits per heavy atom. The van der Waals surface area contributed by atoms with E-state index in [0.717, 1.165) is 19.5 Å². The predicted octanol–water partition coefficient (Wildman–Crippen LogP) is 3.82. The van der Waals surface area contributed by atoms with Crippen LogP contribution >= 0.6 is 0 Å². The lowest BCUT2D eigenvalue weighted by Gasteiger charge is -2.33. The van der Waals surface area contributed by atoms with Crippen molar-refractivity contribution in [1.82, 2.24) is 0 Å². The molecule has 0 radical (unpaired) electrons. The molecule has 0 spiro atoms. The molecule has 0 fully saturated rings. The van der Waals surface area contributed by atoms with Gasteiger partial charge in [-0.05, 0) is 30.0 Å². The Labute approximate surface area is 113 Å². The molecule has 3 heteroatoms. The van der Waals surface area contributed by atoms with Gasteiger partial charge in [-0.25, -0.2) is 4.39 Å². The molecule has 2 nitrogen and oxygen atoms in total. The Morgan fingerprint density at radius 3 is 2.53 bits per heavy atom. The number of benzene rings is 1. The Kier molecular flexibility index (Phi) is 3.74. The zero-order valence-electron chi connectivity index (χ0n) is 11.7. The lowest BCUT2D eigenvalue weighted by molar-refractivity contribution is 0.112. The van der Waals surface area contributed by atoms with Crippen LogP contribution < -0.4 is 4.90 Å². The Balaban J connectivity index is 2.18. The van der Waals surface area contributed by atoms with Crippen LogP contribution in [0.2, 0.25) is 0 Å². The molecule has 0 aliphatic carbocycles. The van der Waals surface area contributed by atoms with E-state index in [1.54, 1.807) is 12.1 Å².